The second-order valence-corrected chi connectivity index (χ2v) is 6.37. The average molecular weight is 205 g/mol. The zero-order valence-electron chi connectivity index (χ0n) is 9.41. The molecule has 0 saturated carbocycles. The van der Waals surface area contributed by atoms with E-state index in [0.29, 0.717) is 12.1 Å². The summed E-state index contributed by atoms with van der Waals surface area (Å²) in [7, 11) is -1.57. The molecule has 0 heterocycles. The third-order valence-electron chi connectivity index (χ3n) is 1.65. The maximum absolute atomic E-state index is 5.75. The molecule has 0 aliphatic carbocycles. The van der Waals surface area contributed by atoms with Crippen molar-refractivity contribution in [2.75, 3.05) is 6.54 Å². The first kappa shape index (κ1) is 13.1. The molecule has 0 aromatic heterocycles. The summed E-state index contributed by atoms with van der Waals surface area (Å²) in [6.07, 6.45) is 0.480. The third-order valence-corrected chi connectivity index (χ3v) is 4.48. The fraction of sp³-hybridized carbons (Fsp3) is 1.00. The normalized spacial score (nSPS) is 14.5. The molecule has 0 fully saturated rings. The van der Waals surface area contributed by atoms with Crippen LogP contribution in [0.2, 0.25) is 5.54 Å². The van der Waals surface area contributed by atoms with Crippen molar-refractivity contribution in [1.29, 1.82) is 0 Å². The van der Waals surface area contributed by atoms with Gasteiger partial charge in [-0.2, -0.15) is 0 Å². The van der Waals surface area contributed by atoms with Gasteiger partial charge in [-0.1, -0.05) is 6.92 Å². The van der Waals surface area contributed by atoms with Crippen molar-refractivity contribution >= 4 is 9.28 Å². The van der Waals surface area contributed by atoms with Crippen LogP contribution in [-0.2, 0) is 8.85 Å². The van der Waals surface area contributed by atoms with Crippen molar-refractivity contribution in [3.05, 3.63) is 0 Å². The Labute approximate surface area is 83.5 Å². The van der Waals surface area contributed by atoms with E-state index in [2.05, 4.69) is 6.92 Å². The highest BCUT2D eigenvalue weighted by Crippen LogP contribution is 2.13. The highest BCUT2D eigenvalue weighted by molar-refractivity contribution is 6.46. The second-order valence-electron chi connectivity index (χ2n) is 3.95. The summed E-state index contributed by atoms with van der Waals surface area (Å²) >= 11 is 0. The molecule has 0 aromatic rings. The van der Waals surface area contributed by atoms with Gasteiger partial charge in [0.15, 0.2) is 0 Å². The molecule has 0 amide bonds. The van der Waals surface area contributed by atoms with Crippen molar-refractivity contribution in [2.45, 2.75) is 52.4 Å². The second kappa shape index (κ2) is 6.54. The molecule has 4 heteroatoms. The van der Waals surface area contributed by atoms with Crippen LogP contribution in [0.25, 0.3) is 0 Å². The van der Waals surface area contributed by atoms with Gasteiger partial charge in [-0.05, 0) is 34.2 Å². The zero-order valence-corrected chi connectivity index (χ0v) is 10.6. The predicted molar refractivity (Wildman–Crippen MR) is 58.1 cm³/mol. The van der Waals surface area contributed by atoms with E-state index in [1.54, 1.807) is 0 Å². The molecular formula is C9H23NO2Si. The van der Waals surface area contributed by atoms with Crippen LogP contribution in [0.15, 0.2) is 0 Å². The minimum atomic E-state index is -1.57. The van der Waals surface area contributed by atoms with Gasteiger partial charge >= 0.3 is 9.28 Å². The SMILES string of the molecule is CC(C)O[SiH](OC(C)C)C(C)CN. The molecule has 1 atom stereocenters. The van der Waals surface area contributed by atoms with Crippen LogP contribution in [0.5, 0.6) is 0 Å². The van der Waals surface area contributed by atoms with Crippen molar-refractivity contribution in [2.24, 2.45) is 5.73 Å². The van der Waals surface area contributed by atoms with Gasteiger partial charge in [0.1, 0.15) is 0 Å². The molecule has 0 bridgehead atoms. The van der Waals surface area contributed by atoms with Crippen LogP contribution in [0, 0.1) is 0 Å². The summed E-state index contributed by atoms with van der Waals surface area (Å²) in [5.41, 5.74) is 5.98. The average Bonchev–Trinajstić information content (AvgIpc) is 2.00. The summed E-state index contributed by atoms with van der Waals surface area (Å²) in [5, 5.41) is 0. The maximum atomic E-state index is 5.75. The Balaban J connectivity index is 4.02. The van der Waals surface area contributed by atoms with Crippen LogP contribution in [-0.4, -0.2) is 28.0 Å². The van der Waals surface area contributed by atoms with Gasteiger partial charge in [0, 0.05) is 17.7 Å². The Morgan fingerprint density at radius 3 is 1.62 bits per heavy atom. The van der Waals surface area contributed by atoms with Crippen LogP contribution >= 0.6 is 0 Å². The summed E-state index contributed by atoms with van der Waals surface area (Å²) < 4.78 is 11.5. The summed E-state index contributed by atoms with van der Waals surface area (Å²) in [4.78, 5) is 0. The third kappa shape index (κ3) is 6.21. The first-order valence-corrected chi connectivity index (χ1v) is 6.59. The lowest BCUT2D eigenvalue weighted by Gasteiger charge is -2.25. The van der Waals surface area contributed by atoms with E-state index in [1.807, 2.05) is 27.7 Å². The monoisotopic (exact) mass is 205 g/mol. The van der Waals surface area contributed by atoms with Crippen LogP contribution in [0.1, 0.15) is 34.6 Å². The van der Waals surface area contributed by atoms with Crippen molar-refractivity contribution in [3.63, 3.8) is 0 Å². The Morgan fingerprint density at radius 1 is 1.00 bits per heavy atom. The van der Waals surface area contributed by atoms with Gasteiger partial charge in [0.2, 0.25) is 0 Å². The van der Waals surface area contributed by atoms with E-state index in [4.69, 9.17) is 14.6 Å². The van der Waals surface area contributed by atoms with Crippen molar-refractivity contribution in [1.82, 2.24) is 0 Å². The van der Waals surface area contributed by atoms with E-state index in [1.165, 1.54) is 0 Å². The minimum Gasteiger partial charge on any atom is -0.394 e. The van der Waals surface area contributed by atoms with Crippen LogP contribution < -0.4 is 5.73 Å². The fourth-order valence-corrected chi connectivity index (χ4v) is 2.84. The molecule has 13 heavy (non-hydrogen) atoms. The van der Waals surface area contributed by atoms with Crippen LogP contribution in [0.4, 0.5) is 0 Å². The standard InChI is InChI=1S/C9H23NO2Si/c1-7(2)11-13(9(5)6-10)12-8(3)4/h7-9,13H,6,10H2,1-5H3. The van der Waals surface area contributed by atoms with Crippen molar-refractivity contribution < 1.29 is 8.85 Å². The van der Waals surface area contributed by atoms with E-state index < -0.39 is 9.28 Å². The molecule has 0 aromatic carbocycles. The van der Waals surface area contributed by atoms with E-state index in [0.717, 1.165) is 0 Å². The minimum absolute atomic E-state index is 0.240. The Kier molecular flexibility index (Phi) is 6.58. The smallest absolute Gasteiger partial charge is 0.326 e. The van der Waals surface area contributed by atoms with Gasteiger partial charge in [-0.25, -0.2) is 0 Å². The van der Waals surface area contributed by atoms with Crippen molar-refractivity contribution in [3.8, 4) is 0 Å². The molecule has 80 valence electrons. The molecule has 3 nitrogen and oxygen atoms in total. The molecule has 2 N–H and O–H groups in total. The molecule has 0 aliphatic heterocycles. The maximum Gasteiger partial charge on any atom is 0.326 e. The van der Waals surface area contributed by atoms with Gasteiger partial charge in [0.05, 0.1) is 0 Å². The molecule has 0 rings (SSSR count). The fourth-order valence-electron chi connectivity index (χ4n) is 0.948. The quantitative estimate of drug-likeness (QED) is 0.667. The lowest BCUT2D eigenvalue weighted by atomic mass is 10.5. The number of nitrogens with two attached hydrogens (primary N) is 1. The van der Waals surface area contributed by atoms with E-state index >= 15 is 0 Å². The Hall–Kier alpha value is 0.0969. The predicted octanol–water partition coefficient (Wildman–Crippen LogP) is 1.41. The number of rotatable bonds is 6. The largest absolute Gasteiger partial charge is 0.394 e. The summed E-state index contributed by atoms with van der Waals surface area (Å²) in [6.45, 7) is 10.9. The van der Waals surface area contributed by atoms with Gasteiger partial charge in [0.25, 0.3) is 0 Å². The van der Waals surface area contributed by atoms with Gasteiger partial charge < -0.3 is 14.6 Å². The molecule has 0 spiro atoms. The first-order valence-electron chi connectivity index (χ1n) is 4.98. The Morgan fingerprint density at radius 2 is 1.38 bits per heavy atom. The zero-order chi connectivity index (χ0) is 10.4. The number of hydrogen-bond acceptors (Lipinski definition) is 3. The lowest BCUT2D eigenvalue weighted by Crippen LogP contribution is -2.36. The topological polar surface area (TPSA) is 44.5 Å². The molecule has 0 radical (unpaired) electrons. The summed E-state index contributed by atoms with van der Waals surface area (Å²) in [5.74, 6) is 0. The first-order chi connectivity index (χ1) is 5.97. The highest BCUT2D eigenvalue weighted by Gasteiger charge is 2.23. The Bertz CT molecular complexity index is 121. The van der Waals surface area contributed by atoms with Gasteiger partial charge in [-0.3, -0.25) is 0 Å². The molecular weight excluding hydrogens is 182 g/mol. The number of hydrogen-bond donors (Lipinski definition) is 1. The van der Waals surface area contributed by atoms with E-state index in [-0.39, 0.29) is 12.2 Å². The lowest BCUT2D eigenvalue weighted by molar-refractivity contribution is 0.124. The molecule has 0 saturated heterocycles. The van der Waals surface area contributed by atoms with Gasteiger partial charge in [-0.15, -0.1) is 0 Å². The van der Waals surface area contributed by atoms with Crippen LogP contribution in [0.3, 0.4) is 0 Å². The molecule has 1 unspecified atom stereocenters. The summed E-state index contributed by atoms with van der Waals surface area (Å²) in [6, 6.07) is 0. The van der Waals surface area contributed by atoms with E-state index in [9.17, 15) is 0 Å². The molecule has 0 aliphatic rings. The highest BCUT2D eigenvalue weighted by atomic mass is 28.3.